The van der Waals surface area contributed by atoms with E-state index in [-0.39, 0.29) is 56.9 Å². The zero-order valence-electron chi connectivity index (χ0n) is 25.1. The highest BCUT2D eigenvalue weighted by Crippen LogP contribution is 2.74. The number of H-pyrrole nitrogens is 1. The number of nitrogens with zero attached hydrogens (tertiary/aromatic N) is 2. The van der Waals surface area contributed by atoms with Gasteiger partial charge in [0.2, 0.25) is 5.78 Å². The molecule has 0 bridgehead atoms. The van der Waals surface area contributed by atoms with Crippen LogP contribution in [0.2, 0.25) is 0 Å². The predicted molar refractivity (Wildman–Crippen MR) is 152 cm³/mol. The van der Waals surface area contributed by atoms with Gasteiger partial charge in [0.15, 0.2) is 17.4 Å². The second-order valence-electron chi connectivity index (χ2n) is 15.7. The molecule has 0 amide bonds. The topological polar surface area (TPSA) is 104 Å². The van der Waals surface area contributed by atoms with Gasteiger partial charge in [-0.25, -0.2) is 4.98 Å². The SMILES string of the molecule is CC1(C)CC[C@]2(C(=O)c3ncc[nH]3)CC[C@]3(C)[C@H](C(=O)C=C4[C@@]5(C)C=C(C#N)C(=O)C(C)(C)C5CC[C@]43C)[C@H]2C1. The monoisotopic (exact) mass is 541 g/mol. The van der Waals surface area contributed by atoms with E-state index in [1.165, 1.54) is 0 Å². The third-order valence-corrected chi connectivity index (χ3v) is 13.0. The molecule has 1 unspecified atom stereocenters. The van der Waals surface area contributed by atoms with Crippen LogP contribution >= 0.6 is 0 Å². The quantitative estimate of drug-likeness (QED) is 0.414. The van der Waals surface area contributed by atoms with E-state index in [4.69, 9.17) is 0 Å². The molecule has 1 aromatic rings. The fourth-order valence-electron chi connectivity index (χ4n) is 10.7. The minimum absolute atomic E-state index is 0.0219. The van der Waals surface area contributed by atoms with Crippen molar-refractivity contribution in [2.24, 2.45) is 50.2 Å². The lowest BCUT2D eigenvalue weighted by molar-refractivity contribution is -0.163. The van der Waals surface area contributed by atoms with Crippen LogP contribution < -0.4 is 0 Å². The van der Waals surface area contributed by atoms with Crippen LogP contribution in [0.25, 0.3) is 0 Å². The molecule has 1 aromatic heterocycles. The normalized spacial score (nSPS) is 43.2. The fourth-order valence-corrected chi connectivity index (χ4v) is 10.7. The van der Waals surface area contributed by atoms with Crippen molar-refractivity contribution in [1.82, 2.24) is 9.97 Å². The average molecular weight is 542 g/mol. The summed E-state index contributed by atoms with van der Waals surface area (Å²) in [7, 11) is 0. The summed E-state index contributed by atoms with van der Waals surface area (Å²) < 4.78 is 0. The summed E-state index contributed by atoms with van der Waals surface area (Å²) in [6, 6.07) is 2.18. The molecule has 0 spiro atoms. The van der Waals surface area contributed by atoms with Gasteiger partial charge >= 0.3 is 0 Å². The molecule has 212 valence electrons. The number of carbonyl (C=O) groups is 3. The average Bonchev–Trinajstić information content (AvgIpc) is 3.42. The van der Waals surface area contributed by atoms with Gasteiger partial charge in [0.1, 0.15) is 6.07 Å². The summed E-state index contributed by atoms with van der Waals surface area (Å²) in [6.45, 7) is 15.3. The number of aromatic nitrogens is 2. The summed E-state index contributed by atoms with van der Waals surface area (Å²) in [5.74, 6) is 0.219. The Balaban J connectivity index is 1.53. The summed E-state index contributed by atoms with van der Waals surface area (Å²) in [5.41, 5.74) is -1.09. The number of nitriles is 1. The highest BCUT2D eigenvalue weighted by molar-refractivity contribution is 6.05. The van der Waals surface area contributed by atoms with Crippen LogP contribution in [-0.2, 0) is 9.59 Å². The van der Waals surface area contributed by atoms with Gasteiger partial charge in [-0.2, -0.15) is 5.26 Å². The molecular weight excluding hydrogens is 498 g/mol. The standard InChI is InChI=1S/C34H43N3O3/c1-29(2)10-12-34(27(40)28-36-14-15-37-28)13-11-33(7)25(21(34)18-29)22(38)16-24-31(5)17-20(19-35)26(39)30(3,4)23(31)8-9-32(24,33)6/h14-17,21,23,25H,8-13,18H2,1-7H3,(H,36,37)/t21-,23?,25+,31+,32-,33-,34+/m1/s1. The van der Waals surface area contributed by atoms with Crippen molar-refractivity contribution in [2.45, 2.75) is 93.4 Å². The number of carbonyl (C=O) groups excluding carboxylic acids is 3. The lowest BCUT2D eigenvalue weighted by Crippen LogP contribution is -2.65. The molecule has 1 N–H and O–H groups in total. The van der Waals surface area contributed by atoms with Crippen molar-refractivity contribution in [2.75, 3.05) is 0 Å². The van der Waals surface area contributed by atoms with Crippen LogP contribution in [-0.4, -0.2) is 27.3 Å². The number of allylic oxidation sites excluding steroid dienone is 4. The fraction of sp³-hybridized carbons (Fsp3) is 0.676. The van der Waals surface area contributed by atoms with Crippen molar-refractivity contribution in [1.29, 1.82) is 5.26 Å². The first-order chi connectivity index (χ1) is 18.6. The molecule has 0 saturated heterocycles. The van der Waals surface area contributed by atoms with E-state index in [1.54, 1.807) is 12.4 Å². The number of hydrogen-bond acceptors (Lipinski definition) is 5. The molecule has 5 aliphatic carbocycles. The van der Waals surface area contributed by atoms with Crippen LogP contribution in [0.3, 0.4) is 0 Å². The Morgan fingerprint density at radius 1 is 1.02 bits per heavy atom. The van der Waals surface area contributed by atoms with Crippen LogP contribution in [0.15, 0.2) is 35.7 Å². The van der Waals surface area contributed by atoms with Gasteiger partial charge in [-0.15, -0.1) is 0 Å². The molecule has 0 aromatic carbocycles. The zero-order valence-corrected chi connectivity index (χ0v) is 25.1. The molecule has 3 saturated carbocycles. The molecule has 1 heterocycles. The Hall–Kier alpha value is -2.81. The van der Waals surface area contributed by atoms with Crippen molar-refractivity contribution in [3.8, 4) is 6.07 Å². The van der Waals surface area contributed by atoms with Gasteiger partial charge < -0.3 is 4.98 Å². The minimum Gasteiger partial charge on any atom is -0.342 e. The third kappa shape index (κ3) is 3.21. The van der Waals surface area contributed by atoms with Crippen molar-refractivity contribution in [3.05, 3.63) is 41.5 Å². The number of ketones is 3. The maximum atomic E-state index is 14.6. The molecule has 5 aliphatic rings. The van der Waals surface area contributed by atoms with E-state index in [9.17, 15) is 19.6 Å². The Morgan fingerprint density at radius 2 is 1.73 bits per heavy atom. The molecular formula is C34H43N3O3. The van der Waals surface area contributed by atoms with E-state index >= 15 is 0 Å². The largest absolute Gasteiger partial charge is 0.342 e. The molecule has 40 heavy (non-hydrogen) atoms. The number of nitrogens with one attached hydrogen (secondary N) is 1. The van der Waals surface area contributed by atoms with Gasteiger partial charge in [0.05, 0.1) is 5.57 Å². The van der Waals surface area contributed by atoms with Gasteiger partial charge in [0.25, 0.3) is 0 Å². The van der Waals surface area contributed by atoms with E-state index < -0.39 is 16.2 Å². The third-order valence-electron chi connectivity index (χ3n) is 13.0. The van der Waals surface area contributed by atoms with E-state index in [1.807, 2.05) is 26.0 Å². The van der Waals surface area contributed by atoms with Gasteiger partial charge in [0, 0.05) is 34.6 Å². The van der Waals surface area contributed by atoms with Crippen LogP contribution in [0.1, 0.15) is 104 Å². The number of Topliss-reactive ketones (excluding diaryl/α,β-unsaturated/α-hetero) is 2. The van der Waals surface area contributed by atoms with Crippen molar-refractivity contribution >= 4 is 17.3 Å². The van der Waals surface area contributed by atoms with E-state index in [0.717, 1.165) is 50.5 Å². The molecule has 3 fully saturated rings. The first kappa shape index (κ1) is 27.4. The maximum absolute atomic E-state index is 14.6. The van der Waals surface area contributed by atoms with E-state index in [0.29, 0.717) is 5.82 Å². The summed E-state index contributed by atoms with van der Waals surface area (Å²) >= 11 is 0. The summed E-state index contributed by atoms with van der Waals surface area (Å²) in [5, 5.41) is 9.92. The number of hydrogen-bond donors (Lipinski definition) is 1. The van der Waals surface area contributed by atoms with Crippen LogP contribution in [0.4, 0.5) is 0 Å². The predicted octanol–water partition coefficient (Wildman–Crippen LogP) is 6.81. The van der Waals surface area contributed by atoms with Gasteiger partial charge in [-0.3, -0.25) is 14.4 Å². The van der Waals surface area contributed by atoms with Gasteiger partial charge in [-0.05, 0) is 79.1 Å². The summed E-state index contributed by atoms with van der Waals surface area (Å²) in [4.78, 5) is 49.5. The molecule has 0 radical (unpaired) electrons. The Bertz CT molecular complexity index is 1420. The first-order valence-electron chi connectivity index (χ1n) is 15.1. The van der Waals surface area contributed by atoms with Crippen LogP contribution in [0, 0.1) is 61.6 Å². The second-order valence-corrected chi connectivity index (χ2v) is 15.7. The van der Waals surface area contributed by atoms with Crippen molar-refractivity contribution in [3.63, 3.8) is 0 Å². The number of imidazole rings is 1. The van der Waals surface area contributed by atoms with E-state index in [2.05, 4.69) is 50.7 Å². The maximum Gasteiger partial charge on any atom is 0.204 e. The highest BCUT2D eigenvalue weighted by atomic mass is 16.1. The molecule has 6 nitrogen and oxygen atoms in total. The Labute approximate surface area is 238 Å². The zero-order chi connectivity index (χ0) is 29.1. The lowest BCUT2D eigenvalue weighted by Gasteiger charge is -2.69. The second kappa shape index (κ2) is 8.14. The minimum atomic E-state index is -0.678. The highest BCUT2D eigenvalue weighted by Gasteiger charge is 2.70. The van der Waals surface area contributed by atoms with Crippen molar-refractivity contribution < 1.29 is 14.4 Å². The van der Waals surface area contributed by atoms with Crippen LogP contribution in [0.5, 0.6) is 0 Å². The smallest absolute Gasteiger partial charge is 0.204 e. The lowest BCUT2D eigenvalue weighted by atomic mass is 9.34. The Morgan fingerprint density at radius 3 is 2.38 bits per heavy atom. The molecule has 6 heteroatoms. The molecule has 6 rings (SSSR count). The number of aromatic amines is 1. The summed E-state index contributed by atoms with van der Waals surface area (Å²) in [6.07, 6.45) is 13.0. The molecule has 0 aliphatic heterocycles. The first-order valence-corrected chi connectivity index (χ1v) is 15.1. The number of fused-ring (bicyclic) bond motifs is 7. The Kier molecular flexibility index (Phi) is 5.57. The molecule has 7 atom stereocenters. The van der Waals surface area contributed by atoms with Gasteiger partial charge in [-0.1, -0.05) is 60.1 Å². The number of rotatable bonds is 2.